The van der Waals surface area contributed by atoms with E-state index in [0.717, 1.165) is 0 Å². The zero-order valence-corrected chi connectivity index (χ0v) is 14.4. The highest BCUT2D eigenvalue weighted by Crippen LogP contribution is 2.23. The SMILES string of the molecule is CCC(=NNC(=O)c1cc(Cl)ccc1O)c1ccc(Cl)cc1Cl. The number of hydrazone groups is 1. The van der Waals surface area contributed by atoms with Gasteiger partial charge < -0.3 is 5.11 Å². The molecule has 0 aromatic heterocycles. The van der Waals surface area contributed by atoms with Gasteiger partial charge in [0, 0.05) is 15.6 Å². The molecule has 0 radical (unpaired) electrons. The van der Waals surface area contributed by atoms with Gasteiger partial charge in [0.15, 0.2) is 0 Å². The van der Waals surface area contributed by atoms with Crippen LogP contribution >= 0.6 is 34.8 Å². The van der Waals surface area contributed by atoms with E-state index in [1.807, 2.05) is 6.92 Å². The average molecular weight is 372 g/mol. The van der Waals surface area contributed by atoms with Gasteiger partial charge in [-0.3, -0.25) is 4.79 Å². The number of nitrogens with one attached hydrogen (secondary N) is 1. The molecule has 0 saturated heterocycles. The highest BCUT2D eigenvalue weighted by molar-refractivity contribution is 6.37. The Bertz CT molecular complexity index is 776. The van der Waals surface area contributed by atoms with Crippen LogP contribution in [0.2, 0.25) is 15.1 Å². The summed E-state index contributed by atoms with van der Waals surface area (Å²) in [6, 6.07) is 9.23. The Morgan fingerprint density at radius 1 is 1.09 bits per heavy atom. The molecular weight excluding hydrogens is 359 g/mol. The van der Waals surface area contributed by atoms with Gasteiger partial charge in [0.2, 0.25) is 0 Å². The number of nitrogens with zero attached hydrogens (tertiary/aromatic N) is 1. The number of carbonyl (C=O) groups is 1. The molecule has 23 heavy (non-hydrogen) atoms. The van der Waals surface area contributed by atoms with Crippen molar-refractivity contribution < 1.29 is 9.90 Å². The number of phenolic OH excluding ortho intramolecular Hbond substituents is 1. The van der Waals surface area contributed by atoms with Crippen molar-refractivity contribution in [3.05, 3.63) is 62.6 Å². The summed E-state index contributed by atoms with van der Waals surface area (Å²) in [5, 5.41) is 15.1. The van der Waals surface area contributed by atoms with E-state index in [0.29, 0.717) is 32.8 Å². The van der Waals surface area contributed by atoms with Crippen LogP contribution in [0.15, 0.2) is 41.5 Å². The molecule has 2 rings (SSSR count). The lowest BCUT2D eigenvalue weighted by Gasteiger charge is -2.08. The molecule has 0 fully saturated rings. The number of benzene rings is 2. The molecular formula is C16H13Cl3N2O2. The van der Waals surface area contributed by atoms with Crippen molar-refractivity contribution in [2.24, 2.45) is 5.10 Å². The van der Waals surface area contributed by atoms with E-state index >= 15 is 0 Å². The predicted octanol–water partition coefficient (Wildman–Crippen LogP) is 4.90. The molecule has 1 amide bonds. The summed E-state index contributed by atoms with van der Waals surface area (Å²) in [4.78, 5) is 12.1. The second-order valence-corrected chi connectivity index (χ2v) is 5.92. The normalized spacial score (nSPS) is 11.4. The van der Waals surface area contributed by atoms with Crippen LogP contribution in [0.4, 0.5) is 0 Å². The first-order valence-corrected chi connectivity index (χ1v) is 7.86. The topological polar surface area (TPSA) is 61.7 Å². The summed E-state index contributed by atoms with van der Waals surface area (Å²) < 4.78 is 0. The molecule has 0 unspecified atom stereocenters. The van der Waals surface area contributed by atoms with Crippen molar-refractivity contribution in [2.45, 2.75) is 13.3 Å². The summed E-state index contributed by atoms with van der Waals surface area (Å²) in [5.74, 6) is -0.745. The molecule has 0 heterocycles. The highest BCUT2D eigenvalue weighted by Gasteiger charge is 2.13. The molecule has 0 bridgehead atoms. The van der Waals surface area contributed by atoms with Crippen LogP contribution in [0.3, 0.4) is 0 Å². The first kappa shape index (κ1) is 17.6. The maximum atomic E-state index is 12.1. The Labute approximate surface area is 148 Å². The number of aromatic hydroxyl groups is 1. The van der Waals surface area contributed by atoms with Crippen molar-refractivity contribution in [3.8, 4) is 5.75 Å². The highest BCUT2D eigenvalue weighted by atomic mass is 35.5. The van der Waals surface area contributed by atoms with E-state index in [1.54, 1.807) is 18.2 Å². The zero-order valence-electron chi connectivity index (χ0n) is 12.1. The van der Waals surface area contributed by atoms with Crippen molar-refractivity contribution in [1.29, 1.82) is 0 Å². The Hall–Kier alpha value is -1.75. The Morgan fingerprint density at radius 2 is 1.74 bits per heavy atom. The Kier molecular flexibility index (Phi) is 5.88. The lowest BCUT2D eigenvalue weighted by molar-refractivity contribution is 0.0952. The van der Waals surface area contributed by atoms with E-state index in [9.17, 15) is 9.90 Å². The minimum absolute atomic E-state index is 0.0407. The van der Waals surface area contributed by atoms with Gasteiger partial charge in [0.1, 0.15) is 5.75 Å². The second kappa shape index (κ2) is 7.68. The van der Waals surface area contributed by atoms with E-state index in [-0.39, 0.29) is 11.3 Å². The summed E-state index contributed by atoms with van der Waals surface area (Å²) in [6.45, 7) is 1.88. The van der Waals surface area contributed by atoms with Crippen LogP contribution in [-0.4, -0.2) is 16.7 Å². The number of hydrogen-bond acceptors (Lipinski definition) is 3. The van der Waals surface area contributed by atoms with Crippen LogP contribution in [0.25, 0.3) is 0 Å². The molecule has 2 aromatic rings. The smallest absolute Gasteiger partial charge is 0.275 e. The number of rotatable bonds is 4. The van der Waals surface area contributed by atoms with Gasteiger partial charge in [-0.25, -0.2) is 5.43 Å². The summed E-state index contributed by atoms with van der Waals surface area (Å²) in [5.41, 5.74) is 3.70. The van der Waals surface area contributed by atoms with Gasteiger partial charge in [-0.05, 0) is 36.8 Å². The molecule has 0 aliphatic heterocycles. The molecule has 7 heteroatoms. The van der Waals surface area contributed by atoms with Crippen LogP contribution in [-0.2, 0) is 0 Å². The van der Waals surface area contributed by atoms with Gasteiger partial charge in [0.05, 0.1) is 16.3 Å². The zero-order chi connectivity index (χ0) is 17.0. The summed E-state index contributed by atoms with van der Waals surface area (Å²) in [6.07, 6.45) is 0.545. The van der Waals surface area contributed by atoms with Crippen molar-refractivity contribution in [3.63, 3.8) is 0 Å². The average Bonchev–Trinajstić information content (AvgIpc) is 2.51. The molecule has 2 aromatic carbocycles. The fraction of sp³-hybridized carbons (Fsp3) is 0.125. The van der Waals surface area contributed by atoms with Gasteiger partial charge in [0.25, 0.3) is 5.91 Å². The standard InChI is InChI=1S/C16H13Cl3N2O2/c1-2-14(11-5-3-10(18)8-13(11)19)20-21-16(23)12-7-9(17)4-6-15(12)22/h3-8,22H,2H2,1H3,(H,21,23). The lowest BCUT2D eigenvalue weighted by atomic mass is 10.1. The molecule has 4 nitrogen and oxygen atoms in total. The molecule has 0 spiro atoms. The summed E-state index contributed by atoms with van der Waals surface area (Å²) in [7, 11) is 0. The molecule has 0 aliphatic rings. The maximum absolute atomic E-state index is 12.1. The van der Waals surface area contributed by atoms with Crippen LogP contribution in [0.5, 0.6) is 5.75 Å². The number of carbonyl (C=O) groups excluding carboxylic acids is 1. The fourth-order valence-electron chi connectivity index (χ4n) is 1.92. The third-order valence-electron chi connectivity index (χ3n) is 3.07. The minimum atomic E-state index is -0.568. The quantitative estimate of drug-likeness (QED) is 0.593. The van der Waals surface area contributed by atoms with Gasteiger partial charge in [-0.15, -0.1) is 0 Å². The number of hydrogen-bond donors (Lipinski definition) is 2. The first-order valence-electron chi connectivity index (χ1n) is 6.73. The molecule has 0 atom stereocenters. The molecule has 0 saturated carbocycles. The second-order valence-electron chi connectivity index (χ2n) is 4.64. The van der Waals surface area contributed by atoms with Crippen LogP contribution in [0, 0.1) is 0 Å². The lowest BCUT2D eigenvalue weighted by Crippen LogP contribution is -2.20. The van der Waals surface area contributed by atoms with Crippen LogP contribution < -0.4 is 5.43 Å². The van der Waals surface area contributed by atoms with E-state index in [2.05, 4.69) is 10.5 Å². The number of amides is 1. The minimum Gasteiger partial charge on any atom is -0.507 e. The van der Waals surface area contributed by atoms with E-state index < -0.39 is 5.91 Å². The number of phenols is 1. The molecule has 120 valence electrons. The summed E-state index contributed by atoms with van der Waals surface area (Å²) >= 11 is 17.8. The third kappa shape index (κ3) is 4.38. The predicted molar refractivity (Wildman–Crippen MR) is 93.9 cm³/mol. The van der Waals surface area contributed by atoms with Crippen molar-refractivity contribution in [1.82, 2.24) is 5.43 Å². The molecule has 0 aliphatic carbocycles. The van der Waals surface area contributed by atoms with Gasteiger partial charge in [-0.1, -0.05) is 47.8 Å². The van der Waals surface area contributed by atoms with Gasteiger partial charge in [-0.2, -0.15) is 5.10 Å². The number of halogens is 3. The van der Waals surface area contributed by atoms with Crippen LogP contribution in [0.1, 0.15) is 29.3 Å². The maximum Gasteiger partial charge on any atom is 0.275 e. The largest absolute Gasteiger partial charge is 0.507 e. The van der Waals surface area contributed by atoms with E-state index in [1.165, 1.54) is 18.2 Å². The first-order chi connectivity index (χ1) is 10.9. The van der Waals surface area contributed by atoms with Crippen molar-refractivity contribution >= 4 is 46.4 Å². The Balaban J connectivity index is 2.25. The van der Waals surface area contributed by atoms with Gasteiger partial charge >= 0.3 is 0 Å². The van der Waals surface area contributed by atoms with E-state index in [4.69, 9.17) is 34.8 Å². The monoisotopic (exact) mass is 370 g/mol. The molecule has 2 N–H and O–H groups in total. The Morgan fingerprint density at radius 3 is 2.39 bits per heavy atom. The van der Waals surface area contributed by atoms with Crippen molar-refractivity contribution in [2.75, 3.05) is 0 Å². The third-order valence-corrected chi connectivity index (χ3v) is 3.86. The fourth-order valence-corrected chi connectivity index (χ4v) is 2.61.